The van der Waals surface area contributed by atoms with Gasteiger partial charge in [0.25, 0.3) is 0 Å². The third-order valence-electron chi connectivity index (χ3n) is 3.47. The van der Waals surface area contributed by atoms with E-state index in [4.69, 9.17) is 0 Å². The predicted octanol–water partition coefficient (Wildman–Crippen LogP) is 1.36. The molecule has 0 saturated carbocycles. The van der Waals surface area contributed by atoms with Gasteiger partial charge in [-0.2, -0.15) is 0 Å². The number of halogens is 1. The van der Waals surface area contributed by atoms with Gasteiger partial charge < -0.3 is 16.0 Å². The summed E-state index contributed by atoms with van der Waals surface area (Å²) in [6.07, 6.45) is 2.37. The normalized spacial score (nSPS) is 18.4. The van der Waals surface area contributed by atoms with Crippen LogP contribution in [0.3, 0.4) is 0 Å². The summed E-state index contributed by atoms with van der Waals surface area (Å²) in [7, 11) is 1.76. The zero-order valence-electron chi connectivity index (χ0n) is 13.2. The van der Waals surface area contributed by atoms with Crippen molar-refractivity contribution in [2.75, 3.05) is 20.1 Å². The molecule has 1 unspecified atom stereocenters. The van der Waals surface area contributed by atoms with Crippen LogP contribution in [-0.2, 0) is 11.2 Å². The highest BCUT2D eigenvalue weighted by molar-refractivity contribution is 14.0. The first-order valence-corrected chi connectivity index (χ1v) is 8.07. The highest BCUT2D eigenvalue weighted by atomic mass is 127. The molecule has 1 atom stereocenters. The van der Waals surface area contributed by atoms with Crippen molar-refractivity contribution < 1.29 is 4.79 Å². The monoisotopic (exact) mass is 437 g/mol. The molecule has 6 nitrogen and oxygen atoms in total. The summed E-state index contributed by atoms with van der Waals surface area (Å²) in [4.78, 5) is 21.1. The third kappa shape index (κ3) is 5.71. The van der Waals surface area contributed by atoms with Crippen molar-refractivity contribution >= 4 is 47.2 Å². The Morgan fingerprint density at radius 2 is 2.27 bits per heavy atom. The van der Waals surface area contributed by atoms with Crippen LogP contribution in [0.2, 0.25) is 0 Å². The number of amides is 1. The number of hydrogen-bond donors (Lipinski definition) is 3. The van der Waals surface area contributed by atoms with Crippen LogP contribution in [-0.4, -0.2) is 43.0 Å². The number of carbonyl (C=O) groups is 1. The van der Waals surface area contributed by atoms with Crippen molar-refractivity contribution in [1.82, 2.24) is 20.9 Å². The van der Waals surface area contributed by atoms with Crippen LogP contribution in [0.5, 0.6) is 0 Å². The van der Waals surface area contributed by atoms with Gasteiger partial charge in [-0.15, -0.1) is 35.3 Å². The van der Waals surface area contributed by atoms with Gasteiger partial charge in [0, 0.05) is 43.9 Å². The minimum absolute atomic E-state index is 0. The first kappa shape index (κ1) is 19.1. The zero-order valence-corrected chi connectivity index (χ0v) is 16.4. The van der Waals surface area contributed by atoms with E-state index in [1.165, 1.54) is 4.88 Å². The van der Waals surface area contributed by atoms with E-state index in [2.05, 4.69) is 32.9 Å². The Morgan fingerprint density at radius 3 is 2.82 bits per heavy atom. The average Bonchev–Trinajstić information content (AvgIpc) is 2.78. The Labute approximate surface area is 152 Å². The van der Waals surface area contributed by atoms with E-state index in [0.29, 0.717) is 13.0 Å². The maximum Gasteiger partial charge on any atom is 0.220 e. The maximum atomic E-state index is 11.1. The third-order valence-corrected chi connectivity index (χ3v) is 4.61. The number of nitrogens with zero attached hydrogens (tertiary/aromatic N) is 2. The summed E-state index contributed by atoms with van der Waals surface area (Å²) in [6, 6.07) is 0.251. The van der Waals surface area contributed by atoms with Crippen molar-refractivity contribution in [3.63, 3.8) is 0 Å². The summed E-state index contributed by atoms with van der Waals surface area (Å²) in [6.45, 7) is 5.57. The second-order valence-electron chi connectivity index (χ2n) is 5.17. The summed E-state index contributed by atoms with van der Waals surface area (Å²) in [5.41, 5.74) is 1.12. The van der Waals surface area contributed by atoms with Crippen molar-refractivity contribution in [3.05, 3.63) is 15.6 Å². The number of nitrogens with one attached hydrogen (secondary N) is 3. The number of guanidine groups is 1. The molecule has 1 amide bonds. The molecule has 124 valence electrons. The van der Waals surface area contributed by atoms with Crippen LogP contribution in [0.25, 0.3) is 0 Å². The van der Waals surface area contributed by atoms with Gasteiger partial charge >= 0.3 is 0 Å². The molecule has 22 heavy (non-hydrogen) atoms. The van der Waals surface area contributed by atoms with Crippen LogP contribution < -0.4 is 16.0 Å². The van der Waals surface area contributed by atoms with Crippen molar-refractivity contribution in [2.24, 2.45) is 4.99 Å². The fraction of sp³-hybridized carbons (Fsp3) is 0.643. The fourth-order valence-electron chi connectivity index (χ4n) is 2.34. The maximum absolute atomic E-state index is 11.1. The number of aromatic nitrogens is 1. The second kappa shape index (κ2) is 9.29. The van der Waals surface area contributed by atoms with Gasteiger partial charge in [-0.3, -0.25) is 9.79 Å². The lowest BCUT2D eigenvalue weighted by Gasteiger charge is -2.25. The molecule has 2 heterocycles. The Bertz CT molecular complexity index is 521. The molecular formula is C14H24IN5OS. The van der Waals surface area contributed by atoms with Gasteiger partial charge in [0.2, 0.25) is 5.91 Å². The molecule has 1 aliphatic rings. The molecular weight excluding hydrogens is 413 g/mol. The van der Waals surface area contributed by atoms with E-state index < -0.39 is 0 Å². The lowest BCUT2D eigenvalue weighted by atomic mass is 10.1. The Kier molecular flexibility index (Phi) is 8.08. The van der Waals surface area contributed by atoms with Crippen LogP contribution in [0.4, 0.5) is 0 Å². The molecule has 0 bridgehead atoms. The Morgan fingerprint density at radius 1 is 1.50 bits per heavy atom. The molecule has 1 aromatic heterocycles. The molecule has 0 aliphatic carbocycles. The van der Waals surface area contributed by atoms with Crippen LogP contribution in [0.1, 0.15) is 28.4 Å². The lowest BCUT2D eigenvalue weighted by Crippen LogP contribution is -2.51. The summed E-state index contributed by atoms with van der Waals surface area (Å²) >= 11 is 1.75. The van der Waals surface area contributed by atoms with Crippen LogP contribution in [0.15, 0.2) is 4.99 Å². The molecule has 0 aromatic carbocycles. The van der Waals surface area contributed by atoms with E-state index in [1.807, 2.05) is 6.92 Å². The van der Waals surface area contributed by atoms with Gasteiger partial charge in [0.15, 0.2) is 5.96 Å². The topological polar surface area (TPSA) is 78.4 Å². The first-order chi connectivity index (χ1) is 10.1. The van der Waals surface area contributed by atoms with E-state index in [-0.39, 0.29) is 35.9 Å². The molecule has 1 fully saturated rings. The predicted molar refractivity (Wildman–Crippen MR) is 101 cm³/mol. The number of aliphatic imine (C=N–C) groups is 1. The van der Waals surface area contributed by atoms with E-state index in [1.54, 1.807) is 18.4 Å². The first-order valence-electron chi connectivity index (χ1n) is 7.25. The highest BCUT2D eigenvalue weighted by Crippen LogP contribution is 2.17. The SMILES string of the molecule is CN=C(NCCc1sc(C)nc1C)NC1CCC(=O)NC1.I. The van der Waals surface area contributed by atoms with Crippen molar-refractivity contribution in [3.8, 4) is 0 Å². The molecule has 0 spiro atoms. The molecule has 1 aliphatic heterocycles. The summed E-state index contributed by atoms with van der Waals surface area (Å²) in [5, 5.41) is 10.6. The largest absolute Gasteiger partial charge is 0.356 e. The molecule has 8 heteroatoms. The zero-order chi connectivity index (χ0) is 15.2. The standard InChI is InChI=1S/C14H23N5OS.HI/c1-9-12(21-10(2)18-9)6-7-16-14(15-3)19-11-4-5-13(20)17-8-11;/h11H,4-8H2,1-3H3,(H,17,20)(H2,15,16,19);1H. The number of carbonyl (C=O) groups excluding carboxylic acids is 1. The number of aryl methyl sites for hydroxylation is 2. The minimum atomic E-state index is 0. The van der Waals surface area contributed by atoms with E-state index in [0.717, 1.165) is 36.0 Å². The van der Waals surface area contributed by atoms with Gasteiger partial charge in [0.05, 0.1) is 10.7 Å². The summed E-state index contributed by atoms with van der Waals surface area (Å²) < 4.78 is 0. The van der Waals surface area contributed by atoms with Gasteiger partial charge in [-0.1, -0.05) is 0 Å². The Balaban J connectivity index is 0.00000242. The Hall–Kier alpha value is -0.900. The van der Waals surface area contributed by atoms with Gasteiger partial charge in [-0.05, 0) is 20.3 Å². The fourth-order valence-corrected chi connectivity index (χ4v) is 3.28. The number of rotatable bonds is 4. The van der Waals surface area contributed by atoms with Crippen molar-refractivity contribution in [1.29, 1.82) is 0 Å². The van der Waals surface area contributed by atoms with Gasteiger partial charge in [0.1, 0.15) is 0 Å². The van der Waals surface area contributed by atoms with E-state index in [9.17, 15) is 4.79 Å². The van der Waals surface area contributed by atoms with Crippen LogP contribution in [0, 0.1) is 13.8 Å². The second-order valence-corrected chi connectivity index (χ2v) is 6.46. The smallest absolute Gasteiger partial charge is 0.220 e. The lowest BCUT2D eigenvalue weighted by molar-refractivity contribution is -0.122. The van der Waals surface area contributed by atoms with Crippen molar-refractivity contribution in [2.45, 2.75) is 39.2 Å². The highest BCUT2D eigenvalue weighted by Gasteiger charge is 2.18. The minimum Gasteiger partial charge on any atom is -0.356 e. The number of thiazole rings is 1. The average molecular weight is 437 g/mol. The van der Waals surface area contributed by atoms with E-state index >= 15 is 0 Å². The molecule has 2 rings (SSSR count). The number of piperidine rings is 1. The van der Waals surface area contributed by atoms with Gasteiger partial charge in [-0.25, -0.2) is 4.98 Å². The quantitative estimate of drug-likeness (QED) is 0.378. The molecule has 1 saturated heterocycles. The summed E-state index contributed by atoms with van der Waals surface area (Å²) in [5.74, 6) is 0.919. The van der Waals surface area contributed by atoms with Crippen LogP contribution >= 0.6 is 35.3 Å². The molecule has 3 N–H and O–H groups in total. The number of hydrogen-bond acceptors (Lipinski definition) is 4. The molecule has 0 radical (unpaired) electrons. The molecule has 1 aromatic rings.